The molecule has 6 heteroatoms. The van der Waals surface area contributed by atoms with E-state index in [2.05, 4.69) is 32.5 Å². The first-order valence-corrected chi connectivity index (χ1v) is 6.91. The number of pyridine rings is 1. The van der Waals surface area contributed by atoms with Gasteiger partial charge < -0.3 is 5.32 Å². The third-order valence-electron chi connectivity index (χ3n) is 2.84. The van der Waals surface area contributed by atoms with Gasteiger partial charge >= 0.3 is 0 Å². The molecular weight excluding hydrogens is 266 g/mol. The quantitative estimate of drug-likeness (QED) is 0.882. The van der Waals surface area contributed by atoms with Crippen molar-refractivity contribution in [3.8, 4) is 0 Å². The summed E-state index contributed by atoms with van der Waals surface area (Å²) in [5, 5.41) is 5.92. The van der Waals surface area contributed by atoms with Crippen molar-refractivity contribution in [2.24, 2.45) is 0 Å². The average Bonchev–Trinajstić information content (AvgIpc) is 2.44. The second-order valence-electron chi connectivity index (χ2n) is 4.78. The van der Waals surface area contributed by atoms with E-state index in [0.717, 1.165) is 24.4 Å². The summed E-state index contributed by atoms with van der Waals surface area (Å²) in [5.41, 5.74) is 2.87. The number of aryl methyl sites for hydroxylation is 2. The predicted octanol–water partition coefficient (Wildman–Crippen LogP) is 2.56. The van der Waals surface area contributed by atoms with Crippen LogP contribution in [-0.4, -0.2) is 27.4 Å². The zero-order valence-electron chi connectivity index (χ0n) is 12.5. The minimum atomic E-state index is -0.249. The number of nitrogens with one attached hydrogen (secondary N) is 2. The maximum absolute atomic E-state index is 12.4. The summed E-state index contributed by atoms with van der Waals surface area (Å²) in [4.78, 5) is 24.8. The minimum Gasteiger partial charge on any atom is -0.383 e. The zero-order chi connectivity index (χ0) is 15.2. The molecule has 0 saturated carbocycles. The van der Waals surface area contributed by atoms with Gasteiger partial charge in [-0.15, -0.1) is 0 Å². The van der Waals surface area contributed by atoms with Crippen LogP contribution in [0.2, 0.25) is 0 Å². The number of nitrogens with zero attached hydrogens (tertiary/aromatic N) is 3. The number of rotatable bonds is 5. The first-order valence-electron chi connectivity index (χ1n) is 6.91. The van der Waals surface area contributed by atoms with Crippen LogP contribution in [0, 0.1) is 13.8 Å². The number of anilines is 2. The number of hydrogen-bond donors (Lipinski definition) is 2. The second kappa shape index (κ2) is 6.78. The van der Waals surface area contributed by atoms with Gasteiger partial charge in [-0.1, -0.05) is 6.92 Å². The molecule has 0 aliphatic rings. The monoisotopic (exact) mass is 285 g/mol. The summed E-state index contributed by atoms with van der Waals surface area (Å²) in [5.74, 6) is 0.0664. The topological polar surface area (TPSA) is 79.8 Å². The lowest BCUT2D eigenvalue weighted by Crippen LogP contribution is -2.17. The molecule has 0 unspecified atom stereocenters. The van der Waals surface area contributed by atoms with Crippen molar-refractivity contribution in [2.75, 3.05) is 17.2 Å². The molecule has 2 N–H and O–H groups in total. The van der Waals surface area contributed by atoms with E-state index in [0.29, 0.717) is 17.2 Å². The van der Waals surface area contributed by atoms with Gasteiger partial charge in [-0.3, -0.25) is 15.1 Å². The molecule has 2 heterocycles. The van der Waals surface area contributed by atoms with E-state index in [9.17, 15) is 4.79 Å². The number of aromatic nitrogens is 3. The van der Waals surface area contributed by atoms with Crippen molar-refractivity contribution in [3.63, 3.8) is 0 Å². The van der Waals surface area contributed by atoms with Gasteiger partial charge in [0, 0.05) is 24.1 Å². The van der Waals surface area contributed by atoms with Crippen molar-refractivity contribution < 1.29 is 4.79 Å². The van der Waals surface area contributed by atoms with E-state index in [1.807, 2.05) is 19.9 Å². The van der Waals surface area contributed by atoms with Gasteiger partial charge in [0.1, 0.15) is 0 Å². The molecule has 0 atom stereocenters. The van der Waals surface area contributed by atoms with Gasteiger partial charge in [0.25, 0.3) is 5.91 Å². The molecule has 1 amide bonds. The molecule has 110 valence electrons. The lowest BCUT2D eigenvalue weighted by Gasteiger charge is -2.10. The number of amides is 1. The highest BCUT2D eigenvalue weighted by Crippen LogP contribution is 2.15. The number of hydrogen-bond acceptors (Lipinski definition) is 5. The molecule has 2 aromatic heterocycles. The van der Waals surface area contributed by atoms with E-state index < -0.39 is 0 Å². The summed E-state index contributed by atoms with van der Waals surface area (Å²) < 4.78 is 0. The second-order valence-corrected chi connectivity index (χ2v) is 4.78. The highest BCUT2D eigenvalue weighted by Gasteiger charge is 2.13. The lowest BCUT2D eigenvalue weighted by atomic mass is 10.2. The largest absolute Gasteiger partial charge is 0.383 e. The molecule has 2 rings (SSSR count). The van der Waals surface area contributed by atoms with Crippen molar-refractivity contribution in [2.45, 2.75) is 27.2 Å². The minimum absolute atomic E-state index is 0.249. The zero-order valence-corrected chi connectivity index (χ0v) is 12.5. The summed E-state index contributed by atoms with van der Waals surface area (Å²) in [7, 11) is 0. The van der Waals surface area contributed by atoms with Crippen LogP contribution in [0.1, 0.15) is 35.1 Å². The van der Waals surface area contributed by atoms with E-state index in [1.54, 1.807) is 18.5 Å². The highest BCUT2D eigenvalue weighted by molar-refractivity contribution is 6.07. The Morgan fingerprint density at radius 1 is 1.24 bits per heavy atom. The Bertz CT molecular complexity index is 621. The van der Waals surface area contributed by atoms with Crippen LogP contribution in [-0.2, 0) is 0 Å². The third kappa shape index (κ3) is 3.98. The van der Waals surface area contributed by atoms with Crippen LogP contribution in [0.5, 0.6) is 0 Å². The smallest absolute Gasteiger partial charge is 0.260 e. The van der Waals surface area contributed by atoms with E-state index in [4.69, 9.17) is 0 Å². The van der Waals surface area contributed by atoms with E-state index in [-0.39, 0.29) is 5.91 Å². The molecule has 0 fully saturated rings. The van der Waals surface area contributed by atoms with Gasteiger partial charge in [0.2, 0.25) is 5.95 Å². The van der Waals surface area contributed by atoms with E-state index in [1.165, 1.54) is 0 Å². The van der Waals surface area contributed by atoms with Crippen molar-refractivity contribution >= 4 is 17.5 Å². The Morgan fingerprint density at radius 2 is 1.95 bits per heavy atom. The van der Waals surface area contributed by atoms with Crippen LogP contribution >= 0.6 is 0 Å². The maximum atomic E-state index is 12.4. The van der Waals surface area contributed by atoms with Crippen molar-refractivity contribution in [1.82, 2.24) is 15.0 Å². The third-order valence-corrected chi connectivity index (χ3v) is 2.84. The molecule has 0 spiro atoms. The Morgan fingerprint density at radius 3 is 2.62 bits per heavy atom. The normalized spacial score (nSPS) is 10.2. The fourth-order valence-corrected chi connectivity index (χ4v) is 1.94. The maximum Gasteiger partial charge on any atom is 0.260 e. The molecular formula is C15H19N5O. The first kappa shape index (κ1) is 14.9. The fourth-order valence-electron chi connectivity index (χ4n) is 1.94. The summed E-state index contributed by atoms with van der Waals surface area (Å²) in [6.07, 6.45) is 4.21. The standard InChI is InChI=1S/C15H19N5O/c1-4-6-17-13-9-16-7-5-12(13)14(21)20-15-18-10(2)8-11(3)19-15/h5,7-9,17H,4,6H2,1-3H3,(H,18,19,20,21). The first-order chi connectivity index (χ1) is 10.1. The molecule has 0 aromatic carbocycles. The molecule has 0 saturated heterocycles. The molecule has 0 bridgehead atoms. The van der Waals surface area contributed by atoms with Crippen LogP contribution < -0.4 is 10.6 Å². The van der Waals surface area contributed by atoms with Gasteiger partial charge in [-0.05, 0) is 32.4 Å². The van der Waals surface area contributed by atoms with Gasteiger partial charge in [0.05, 0.1) is 17.4 Å². The van der Waals surface area contributed by atoms with Gasteiger partial charge in [0.15, 0.2) is 0 Å². The van der Waals surface area contributed by atoms with Crippen molar-refractivity contribution in [1.29, 1.82) is 0 Å². The van der Waals surface area contributed by atoms with E-state index >= 15 is 0 Å². The Labute approximate surface area is 124 Å². The van der Waals surface area contributed by atoms with Gasteiger partial charge in [-0.25, -0.2) is 9.97 Å². The molecule has 0 aliphatic heterocycles. The Hall–Kier alpha value is -2.50. The Balaban J connectivity index is 2.20. The molecule has 2 aromatic rings. The van der Waals surface area contributed by atoms with Crippen molar-refractivity contribution in [3.05, 3.63) is 41.5 Å². The molecule has 0 radical (unpaired) electrons. The Kier molecular flexibility index (Phi) is 4.81. The summed E-state index contributed by atoms with van der Waals surface area (Å²) in [6, 6.07) is 3.53. The van der Waals surface area contributed by atoms with Crippen LogP contribution in [0.15, 0.2) is 24.5 Å². The molecule has 6 nitrogen and oxygen atoms in total. The van der Waals surface area contributed by atoms with Crippen LogP contribution in [0.3, 0.4) is 0 Å². The van der Waals surface area contributed by atoms with Crippen LogP contribution in [0.4, 0.5) is 11.6 Å². The van der Waals surface area contributed by atoms with Gasteiger partial charge in [-0.2, -0.15) is 0 Å². The number of carbonyl (C=O) groups is 1. The summed E-state index contributed by atoms with van der Waals surface area (Å²) in [6.45, 7) is 6.58. The predicted molar refractivity (Wildman–Crippen MR) is 82.5 cm³/mol. The summed E-state index contributed by atoms with van der Waals surface area (Å²) >= 11 is 0. The lowest BCUT2D eigenvalue weighted by molar-refractivity contribution is 0.102. The molecule has 0 aliphatic carbocycles. The molecule has 21 heavy (non-hydrogen) atoms. The SMILES string of the molecule is CCCNc1cnccc1C(=O)Nc1nc(C)cc(C)n1. The van der Waals surface area contributed by atoms with Crippen LogP contribution in [0.25, 0.3) is 0 Å². The highest BCUT2D eigenvalue weighted by atomic mass is 16.1. The number of carbonyl (C=O) groups excluding carboxylic acids is 1. The average molecular weight is 285 g/mol. The fraction of sp³-hybridized carbons (Fsp3) is 0.333.